The molecule has 0 aliphatic heterocycles. The quantitative estimate of drug-likeness (QED) is 0.236. The van der Waals surface area contributed by atoms with Gasteiger partial charge in [-0.15, -0.1) is 0 Å². The molecule has 1 N–H and O–H groups in total. The second kappa shape index (κ2) is 15.4. The molecule has 3 aromatic carbocycles. The SMILES string of the molecule is CCCCNC(=O)C(CC)N(Cc1ccc(C)cc1)C(=O)CN(c1ccc(C)cc1)S(=O)(=O)c1ccc(OC)c(OC)c1. The zero-order valence-electron chi connectivity index (χ0n) is 25.9. The zero-order chi connectivity index (χ0) is 31.6. The number of aryl methyl sites for hydroxylation is 2. The summed E-state index contributed by atoms with van der Waals surface area (Å²) in [4.78, 5) is 28.9. The van der Waals surface area contributed by atoms with Crippen LogP contribution in [0, 0.1) is 13.8 Å². The van der Waals surface area contributed by atoms with Gasteiger partial charge in [-0.25, -0.2) is 8.42 Å². The number of nitrogens with one attached hydrogen (secondary N) is 1. The van der Waals surface area contributed by atoms with E-state index in [1.54, 1.807) is 24.3 Å². The van der Waals surface area contributed by atoms with Crippen molar-refractivity contribution in [1.82, 2.24) is 10.2 Å². The number of carbonyl (C=O) groups is 2. The molecular weight excluding hydrogens is 566 g/mol. The lowest BCUT2D eigenvalue weighted by atomic mass is 10.1. The Kier molecular flexibility index (Phi) is 12.0. The highest BCUT2D eigenvalue weighted by Gasteiger charge is 2.34. The summed E-state index contributed by atoms with van der Waals surface area (Å²) >= 11 is 0. The van der Waals surface area contributed by atoms with Gasteiger partial charge in [0.05, 0.1) is 24.8 Å². The second-order valence-corrected chi connectivity index (χ2v) is 12.3. The van der Waals surface area contributed by atoms with Crippen molar-refractivity contribution in [2.24, 2.45) is 0 Å². The third kappa shape index (κ3) is 8.50. The largest absolute Gasteiger partial charge is 0.493 e. The molecule has 232 valence electrons. The highest BCUT2D eigenvalue weighted by atomic mass is 32.2. The molecule has 9 nitrogen and oxygen atoms in total. The first kappa shape index (κ1) is 33.5. The lowest BCUT2D eigenvalue weighted by molar-refractivity contribution is -0.140. The number of methoxy groups -OCH3 is 2. The minimum atomic E-state index is -4.25. The van der Waals surface area contributed by atoms with E-state index in [1.807, 2.05) is 52.0 Å². The molecule has 0 bridgehead atoms. The number of unbranched alkanes of at least 4 members (excludes halogenated alkanes) is 1. The van der Waals surface area contributed by atoms with Gasteiger partial charge in [-0.1, -0.05) is 67.8 Å². The predicted octanol–water partition coefficient (Wildman–Crippen LogP) is 5.24. The van der Waals surface area contributed by atoms with Crippen LogP contribution in [-0.2, 0) is 26.2 Å². The van der Waals surface area contributed by atoms with Gasteiger partial charge in [-0.3, -0.25) is 13.9 Å². The van der Waals surface area contributed by atoms with Gasteiger partial charge in [0.25, 0.3) is 10.0 Å². The van der Waals surface area contributed by atoms with E-state index in [9.17, 15) is 18.0 Å². The van der Waals surface area contributed by atoms with E-state index in [0.29, 0.717) is 24.4 Å². The number of carbonyl (C=O) groups excluding carboxylic acids is 2. The Labute approximate surface area is 255 Å². The number of amides is 2. The number of anilines is 1. The summed E-state index contributed by atoms with van der Waals surface area (Å²) in [7, 11) is -1.36. The van der Waals surface area contributed by atoms with Gasteiger partial charge in [0.1, 0.15) is 12.6 Å². The summed E-state index contributed by atoms with van der Waals surface area (Å²) in [6, 6.07) is 18.1. The second-order valence-electron chi connectivity index (χ2n) is 10.4. The Morgan fingerprint density at radius 2 is 1.47 bits per heavy atom. The molecule has 0 aromatic heterocycles. The van der Waals surface area contributed by atoms with Gasteiger partial charge in [0, 0.05) is 19.2 Å². The first-order valence-corrected chi connectivity index (χ1v) is 15.9. The van der Waals surface area contributed by atoms with Crippen LogP contribution in [0.4, 0.5) is 5.69 Å². The van der Waals surface area contributed by atoms with Gasteiger partial charge < -0.3 is 19.7 Å². The Balaban J connectivity index is 2.06. The smallest absolute Gasteiger partial charge is 0.264 e. The number of sulfonamides is 1. The van der Waals surface area contributed by atoms with Crippen molar-refractivity contribution in [3.63, 3.8) is 0 Å². The Bertz CT molecular complexity index is 1470. The summed E-state index contributed by atoms with van der Waals surface area (Å²) in [5, 5.41) is 2.95. The third-order valence-electron chi connectivity index (χ3n) is 7.23. The monoisotopic (exact) mass is 609 g/mol. The fraction of sp³-hybridized carbons (Fsp3) is 0.394. The van der Waals surface area contributed by atoms with Crippen LogP contribution >= 0.6 is 0 Å². The number of benzene rings is 3. The van der Waals surface area contributed by atoms with E-state index in [4.69, 9.17) is 9.47 Å². The Morgan fingerprint density at radius 1 is 0.860 bits per heavy atom. The molecule has 0 saturated heterocycles. The lowest BCUT2D eigenvalue weighted by Gasteiger charge is -2.33. The van der Waals surface area contributed by atoms with Crippen LogP contribution < -0.4 is 19.1 Å². The minimum Gasteiger partial charge on any atom is -0.493 e. The van der Waals surface area contributed by atoms with Gasteiger partial charge in [0.2, 0.25) is 11.8 Å². The Hall–Kier alpha value is -4.05. The first-order chi connectivity index (χ1) is 20.5. The molecule has 0 saturated carbocycles. The molecule has 0 heterocycles. The number of hydrogen-bond acceptors (Lipinski definition) is 6. The number of nitrogens with zero attached hydrogens (tertiary/aromatic N) is 2. The maximum atomic E-state index is 14.2. The molecule has 0 aliphatic rings. The highest BCUT2D eigenvalue weighted by Crippen LogP contribution is 2.32. The van der Waals surface area contributed by atoms with Gasteiger partial charge >= 0.3 is 0 Å². The van der Waals surface area contributed by atoms with E-state index in [1.165, 1.54) is 37.3 Å². The van der Waals surface area contributed by atoms with Crippen LogP contribution in [0.3, 0.4) is 0 Å². The molecule has 3 rings (SSSR count). The van der Waals surface area contributed by atoms with E-state index in [2.05, 4.69) is 5.32 Å². The maximum absolute atomic E-state index is 14.2. The van der Waals surface area contributed by atoms with E-state index in [-0.39, 0.29) is 23.1 Å². The molecule has 43 heavy (non-hydrogen) atoms. The fourth-order valence-electron chi connectivity index (χ4n) is 4.66. The molecule has 1 unspecified atom stereocenters. The molecule has 0 radical (unpaired) electrons. The highest BCUT2D eigenvalue weighted by molar-refractivity contribution is 7.92. The number of hydrogen-bond donors (Lipinski definition) is 1. The Morgan fingerprint density at radius 3 is 2.02 bits per heavy atom. The molecular formula is C33H43N3O6S. The summed E-state index contributed by atoms with van der Waals surface area (Å²) in [5.74, 6) is -0.137. The normalized spacial score (nSPS) is 11.9. The predicted molar refractivity (Wildman–Crippen MR) is 169 cm³/mol. The van der Waals surface area contributed by atoms with Crippen LogP contribution in [0.25, 0.3) is 0 Å². The van der Waals surface area contributed by atoms with Crippen molar-refractivity contribution < 1.29 is 27.5 Å². The van der Waals surface area contributed by atoms with Crippen molar-refractivity contribution in [2.45, 2.75) is 64.4 Å². The van der Waals surface area contributed by atoms with Crippen LogP contribution in [0.1, 0.15) is 49.8 Å². The van der Waals surface area contributed by atoms with Gasteiger partial charge in [0.15, 0.2) is 11.5 Å². The van der Waals surface area contributed by atoms with Gasteiger partial charge in [-0.2, -0.15) is 0 Å². The molecule has 2 amide bonds. The van der Waals surface area contributed by atoms with Crippen molar-refractivity contribution >= 4 is 27.5 Å². The fourth-order valence-corrected chi connectivity index (χ4v) is 6.09. The lowest BCUT2D eigenvalue weighted by Crippen LogP contribution is -2.52. The first-order valence-electron chi connectivity index (χ1n) is 14.5. The summed E-state index contributed by atoms with van der Waals surface area (Å²) in [6.45, 7) is 7.89. The van der Waals surface area contributed by atoms with Crippen molar-refractivity contribution in [2.75, 3.05) is 31.6 Å². The average Bonchev–Trinajstić information content (AvgIpc) is 3.00. The molecule has 0 aliphatic carbocycles. The third-order valence-corrected chi connectivity index (χ3v) is 9.00. The van der Waals surface area contributed by atoms with Crippen LogP contribution in [0.15, 0.2) is 71.6 Å². The van der Waals surface area contributed by atoms with Crippen molar-refractivity contribution in [3.05, 3.63) is 83.4 Å². The topological polar surface area (TPSA) is 105 Å². The zero-order valence-corrected chi connectivity index (χ0v) is 26.7. The standard InChI is InChI=1S/C33H43N3O6S/c1-7-9-20-34-33(38)29(8-2)35(22-26-14-10-24(3)11-15-26)32(37)23-36(27-16-12-25(4)13-17-27)43(39,40)28-18-19-30(41-5)31(21-28)42-6/h10-19,21,29H,7-9,20,22-23H2,1-6H3,(H,34,38). The van der Waals surface area contributed by atoms with Crippen molar-refractivity contribution in [3.8, 4) is 11.5 Å². The summed E-state index contributed by atoms with van der Waals surface area (Å²) < 4.78 is 40.1. The number of rotatable bonds is 15. The van der Waals surface area contributed by atoms with E-state index in [0.717, 1.165) is 33.8 Å². The van der Waals surface area contributed by atoms with Crippen LogP contribution in [0.2, 0.25) is 0 Å². The number of ether oxygens (including phenoxy) is 2. The van der Waals surface area contributed by atoms with Crippen LogP contribution in [-0.4, -0.2) is 58.5 Å². The molecule has 10 heteroatoms. The average molecular weight is 610 g/mol. The van der Waals surface area contributed by atoms with Crippen LogP contribution in [0.5, 0.6) is 11.5 Å². The van der Waals surface area contributed by atoms with Crippen molar-refractivity contribution in [1.29, 1.82) is 0 Å². The minimum absolute atomic E-state index is 0.0621. The molecule has 3 aromatic rings. The molecule has 0 spiro atoms. The molecule has 0 fully saturated rings. The summed E-state index contributed by atoms with van der Waals surface area (Å²) in [5.41, 5.74) is 3.17. The van der Waals surface area contributed by atoms with E-state index >= 15 is 0 Å². The summed E-state index contributed by atoms with van der Waals surface area (Å²) in [6.07, 6.45) is 2.10. The molecule has 1 atom stereocenters. The van der Waals surface area contributed by atoms with E-state index < -0.39 is 28.5 Å². The van der Waals surface area contributed by atoms with Gasteiger partial charge in [-0.05, 0) is 56.5 Å². The maximum Gasteiger partial charge on any atom is 0.264 e.